The van der Waals surface area contributed by atoms with Crippen molar-refractivity contribution >= 4 is 23.4 Å². The molecular formula is C24H26FN3O3. The zero-order valence-electron chi connectivity index (χ0n) is 17.8. The van der Waals surface area contributed by atoms with E-state index in [0.29, 0.717) is 24.3 Å². The maximum Gasteiger partial charge on any atom is 0.313 e. The third kappa shape index (κ3) is 4.31. The number of rotatable bonds is 2. The summed E-state index contributed by atoms with van der Waals surface area (Å²) >= 11 is 0. The molecule has 0 aromatic heterocycles. The van der Waals surface area contributed by atoms with E-state index in [4.69, 9.17) is 0 Å². The molecule has 6 nitrogen and oxygen atoms in total. The molecule has 3 amide bonds. The molecule has 0 radical (unpaired) electrons. The fourth-order valence-electron chi connectivity index (χ4n) is 4.34. The van der Waals surface area contributed by atoms with Gasteiger partial charge in [-0.25, -0.2) is 4.39 Å². The van der Waals surface area contributed by atoms with Crippen LogP contribution in [0.2, 0.25) is 0 Å². The molecule has 1 fully saturated rings. The second-order valence-electron chi connectivity index (χ2n) is 8.80. The van der Waals surface area contributed by atoms with Gasteiger partial charge in [-0.15, -0.1) is 0 Å². The van der Waals surface area contributed by atoms with Gasteiger partial charge >= 0.3 is 11.8 Å². The van der Waals surface area contributed by atoms with Crippen LogP contribution in [0, 0.1) is 5.82 Å². The van der Waals surface area contributed by atoms with E-state index >= 15 is 0 Å². The van der Waals surface area contributed by atoms with Crippen molar-refractivity contribution in [2.75, 3.05) is 31.5 Å². The first-order chi connectivity index (χ1) is 14.7. The Morgan fingerprint density at radius 3 is 2.26 bits per heavy atom. The molecule has 1 heterocycles. The van der Waals surface area contributed by atoms with Crippen molar-refractivity contribution in [2.45, 2.75) is 32.1 Å². The predicted molar refractivity (Wildman–Crippen MR) is 115 cm³/mol. The molecule has 2 aliphatic rings. The van der Waals surface area contributed by atoms with Crippen LogP contribution in [0.5, 0.6) is 0 Å². The van der Waals surface area contributed by atoms with Gasteiger partial charge in [-0.1, -0.05) is 19.9 Å². The molecule has 1 saturated heterocycles. The van der Waals surface area contributed by atoms with E-state index in [9.17, 15) is 18.8 Å². The Hall–Kier alpha value is -3.22. The van der Waals surface area contributed by atoms with E-state index in [1.54, 1.807) is 4.90 Å². The standard InChI is InChI=1S/C24H26FN3O3/c1-24(2)10-9-17-15-19(7-8-20(17)24)26-21(29)23(31)28-13-11-27(12-14-28)22(30)16-3-5-18(25)6-4-16/h3-8,15H,9-14H2,1-2H3,(H,26,29). The Morgan fingerprint density at radius 2 is 1.58 bits per heavy atom. The van der Waals surface area contributed by atoms with Gasteiger partial charge in [0, 0.05) is 37.4 Å². The van der Waals surface area contributed by atoms with Crippen LogP contribution < -0.4 is 5.32 Å². The number of amides is 3. The van der Waals surface area contributed by atoms with Crippen LogP contribution >= 0.6 is 0 Å². The number of anilines is 1. The van der Waals surface area contributed by atoms with Crippen LogP contribution in [0.3, 0.4) is 0 Å². The largest absolute Gasteiger partial charge is 0.335 e. The van der Waals surface area contributed by atoms with Crippen molar-refractivity contribution in [3.05, 3.63) is 65.0 Å². The second-order valence-corrected chi connectivity index (χ2v) is 8.80. The molecule has 0 bridgehead atoms. The number of carbonyl (C=O) groups excluding carboxylic acids is 3. The molecule has 1 aliphatic heterocycles. The van der Waals surface area contributed by atoms with Gasteiger partial charge in [0.2, 0.25) is 0 Å². The topological polar surface area (TPSA) is 69.7 Å². The van der Waals surface area contributed by atoms with E-state index in [1.807, 2.05) is 18.2 Å². The Balaban J connectivity index is 1.33. The molecular weight excluding hydrogens is 397 g/mol. The van der Waals surface area contributed by atoms with E-state index in [-0.39, 0.29) is 24.4 Å². The summed E-state index contributed by atoms with van der Waals surface area (Å²) < 4.78 is 13.1. The Kier molecular flexibility index (Phi) is 5.52. The SMILES string of the molecule is CC1(C)CCc2cc(NC(=O)C(=O)N3CCN(C(=O)c4ccc(F)cc4)CC3)ccc21. The van der Waals surface area contributed by atoms with Crippen LogP contribution in [0.15, 0.2) is 42.5 Å². The maximum atomic E-state index is 13.1. The number of hydrogen-bond donors (Lipinski definition) is 1. The predicted octanol–water partition coefficient (Wildman–Crippen LogP) is 2.97. The minimum absolute atomic E-state index is 0.138. The highest BCUT2D eigenvalue weighted by Crippen LogP contribution is 2.39. The number of hydrogen-bond acceptors (Lipinski definition) is 3. The molecule has 0 atom stereocenters. The molecule has 4 rings (SSSR count). The second kappa shape index (κ2) is 8.13. The molecule has 2 aromatic carbocycles. The van der Waals surface area contributed by atoms with Gasteiger partial charge in [-0.3, -0.25) is 14.4 Å². The van der Waals surface area contributed by atoms with Crippen molar-refractivity contribution in [3.63, 3.8) is 0 Å². The van der Waals surface area contributed by atoms with Gasteiger partial charge in [0.15, 0.2) is 0 Å². The Labute approximate surface area is 181 Å². The quantitative estimate of drug-likeness (QED) is 0.755. The van der Waals surface area contributed by atoms with Gasteiger partial charge < -0.3 is 15.1 Å². The highest BCUT2D eigenvalue weighted by Gasteiger charge is 2.31. The zero-order chi connectivity index (χ0) is 22.2. The summed E-state index contributed by atoms with van der Waals surface area (Å²) in [6.45, 7) is 5.61. The van der Waals surface area contributed by atoms with E-state index in [2.05, 4.69) is 19.2 Å². The van der Waals surface area contributed by atoms with Crippen LogP contribution in [0.4, 0.5) is 10.1 Å². The smallest absolute Gasteiger partial charge is 0.313 e. The third-order valence-corrected chi connectivity index (χ3v) is 6.25. The lowest BCUT2D eigenvalue weighted by Crippen LogP contribution is -2.53. The summed E-state index contributed by atoms with van der Waals surface area (Å²) in [6.07, 6.45) is 2.03. The molecule has 0 saturated carbocycles. The summed E-state index contributed by atoms with van der Waals surface area (Å²) in [5.74, 6) is -1.88. The normalized spacial score (nSPS) is 17.3. The number of fused-ring (bicyclic) bond motifs is 1. The van der Waals surface area contributed by atoms with Crippen LogP contribution in [-0.4, -0.2) is 53.7 Å². The van der Waals surface area contributed by atoms with Gasteiger partial charge in [0.1, 0.15) is 5.82 Å². The lowest BCUT2D eigenvalue weighted by Gasteiger charge is -2.34. The van der Waals surface area contributed by atoms with Crippen LogP contribution in [0.25, 0.3) is 0 Å². The van der Waals surface area contributed by atoms with Crippen LogP contribution in [-0.2, 0) is 21.4 Å². The molecule has 162 valence electrons. The fraction of sp³-hybridized carbons (Fsp3) is 0.375. The molecule has 1 N–H and O–H groups in total. The van der Waals surface area contributed by atoms with Gasteiger partial charge in [0.05, 0.1) is 0 Å². The van der Waals surface area contributed by atoms with Crippen molar-refractivity contribution < 1.29 is 18.8 Å². The zero-order valence-corrected chi connectivity index (χ0v) is 17.8. The molecule has 31 heavy (non-hydrogen) atoms. The van der Waals surface area contributed by atoms with Gasteiger partial charge in [0.25, 0.3) is 5.91 Å². The summed E-state index contributed by atoms with van der Waals surface area (Å²) in [7, 11) is 0. The highest BCUT2D eigenvalue weighted by atomic mass is 19.1. The first kappa shape index (κ1) is 21.0. The molecule has 0 unspecified atom stereocenters. The van der Waals surface area contributed by atoms with E-state index in [1.165, 1.54) is 40.3 Å². The van der Waals surface area contributed by atoms with Gasteiger partial charge in [-0.2, -0.15) is 0 Å². The highest BCUT2D eigenvalue weighted by molar-refractivity contribution is 6.39. The average Bonchev–Trinajstić information content (AvgIpc) is 3.07. The summed E-state index contributed by atoms with van der Waals surface area (Å²) in [5, 5.41) is 2.71. The Morgan fingerprint density at radius 1 is 0.935 bits per heavy atom. The lowest BCUT2D eigenvalue weighted by molar-refractivity contribution is -0.144. The van der Waals surface area contributed by atoms with Crippen LogP contribution in [0.1, 0.15) is 41.8 Å². The number of nitrogens with zero attached hydrogens (tertiary/aromatic N) is 2. The minimum Gasteiger partial charge on any atom is -0.335 e. The fourth-order valence-corrected chi connectivity index (χ4v) is 4.34. The van der Waals surface area contributed by atoms with E-state index in [0.717, 1.165) is 12.8 Å². The average molecular weight is 423 g/mol. The van der Waals surface area contributed by atoms with Crippen molar-refractivity contribution in [1.82, 2.24) is 9.80 Å². The molecule has 0 spiro atoms. The third-order valence-electron chi connectivity index (χ3n) is 6.25. The summed E-state index contributed by atoms with van der Waals surface area (Å²) in [6, 6.07) is 11.2. The van der Waals surface area contributed by atoms with Crippen molar-refractivity contribution in [2.24, 2.45) is 0 Å². The summed E-state index contributed by atoms with van der Waals surface area (Å²) in [4.78, 5) is 40.7. The Bertz CT molecular complexity index is 1020. The maximum absolute atomic E-state index is 13.1. The monoisotopic (exact) mass is 423 g/mol. The summed E-state index contributed by atoms with van der Waals surface area (Å²) in [5.41, 5.74) is 3.67. The first-order valence-corrected chi connectivity index (χ1v) is 10.5. The van der Waals surface area contributed by atoms with Crippen molar-refractivity contribution in [1.29, 1.82) is 0 Å². The molecule has 1 aliphatic carbocycles. The lowest BCUT2D eigenvalue weighted by atomic mass is 9.86. The number of nitrogens with one attached hydrogen (secondary N) is 1. The van der Waals surface area contributed by atoms with Crippen molar-refractivity contribution in [3.8, 4) is 0 Å². The molecule has 7 heteroatoms. The number of benzene rings is 2. The number of piperazine rings is 1. The number of carbonyl (C=O) groups is 3. The van der Waals surface area contributed by atoms with Gasteiger partial charge in [-0.05, 0) is 65.8 Å². The molecule has 2 aromatic rings. The van der Waals surface area contributed by atoms with E-state index < -0.39 is 17.6 Å². The number of halogens is 1. The number of aryl methyl sites for hydroxylation is 1. The first-order valence-electron chi connectivity index (χ1n) is 10.5. The minimum atomic E-state index is -0.671.